The van der Waals surface area contributed by atoms with E-state index in [2.05, 4.69) is 20.4 Å². The number of benzene rings is 3. The average molecular weight is 442 g/mol. The summed E-state index contributed by atoms with van der Waals surface area (Å²) in [5.74, 6) is 2.12. The zero-order chi connectivity index (χ0) is 21.9. The molecule has 32 heavy (non-hydrogen) atoms. The average Bonchev–Trinajstić information content (AvgIpc) is 3.46. The van der Waals surface area contributed by atoms with Gasteiger partial charge in [-0.05, 0) is 43.3 Å². The highest BCUT2D eigenvalue weighted by atomic mass is 32.2. The monoisotopic (exact) mass is 441 g/mol. The number of phenols is 1. The largest absolute Gasteiger partial charge is 0.507 e. The van der Waals surface area contributed by atoms with Crippen molar-refractivity contribution in [3.05, 3.63) is 90.3 Å². The predicted octanol–water partition coefficient (Wildman–Crippen LogP) is 5.29. The van der Waals surface area contributed by atoms with Crippen LogP contribution in [0, 0.1) is 6.92 Å². The number of thioether (sulfide) groups is 1. The van der Waals surface area contributed by atoms with Crippen LogP contribution in [0.25, 0.3) is 28.5 Å². The molecule has 1 N–H and O–H groups in total. The zero-order valence-electron chi connectivity index (χ0n) is 17.2. The summed E-state index contributed by atoms with van der Waals surface area (Å²) < 4.78 is 7.75. The van der Waals surface area contributed by atoms with Crippen LogP contribution in [0.1, 0.15) is 11.5 Å². The molecule has 0 aliphatic heterocycles. The first-order chi connectivity index (χ1) is 15.7. The molecule has 8 heteroatoms. The van der Waals surface area contributed by atoms with Gasteiger partial charge in [-0.2, -0.15) is 0 Å². The molecule has 0 unspecified atom stereocenters. The second-order valence-corrected chi connectivity index (χ2v) is 8.09. The first-order valence-electron chi connectivity index (χ1n) is 10.0. The van der Waals surface area contributed by atoms with Crippen molar-refractivity contribution in [1.82, 2.24) is 25.0 Å². The second kappa shape index (κ2) is 8.68. The molecule has 0 saturated heterocycles. The summed E-state index contributed by atoms with van der Waals surface area (Å²) in [6.45, 7) is 2.04. The van der Waals surface area contributed by atoms with Crippen molar-refractivity contribution >= 4 is 11.8 Å². The molecule has 0 saturated carbocycles. The van der Waals surface area contributed by atoms with E-state index in [1.807, 2.05) is 78.2 Å². The van der Waals surface area contributed by atoms with Gasteiger partial charge in [0.2, 0.25) is 11.8 Å². The molecule has 0 atom stereocenters. The van der Waals surface area contributed by atoms with E-state index < -0.39 is 0 Å². The number of nitrogens with zero attached hydrogens (tertiary/aromatic N) is 5. The Bertz CT molecular complexity index is 1350. The molecule has 5 rings (SSSR count). The first kappa shape index (κ1) is 20.0. The van der Waals surface area contributed by atoms with Gasteiger partial charge in [0.05, 0.1) is 11.3 Å². The van der Waals surface area contributed by atoms with Crippen molar-refractivity contribution in [1.29, 1.82) is 0 Å². The fourth-order valence-corrected chi connectivity index (χ4v) is 4.05. The summed E-state index contributed by atoms with van der Waals surface area (Å²) in [7, 11) is 0. The Balaban J connectivity index is 1.47. The Labute approximate surface area is 188 Å². The molecule has 0 fully saturated rings. The van der Waals surface area contributed by atoms with Crippen LogP contribution in [0.4, 0.5) is 0 Å². The molecule has 0 spiro atoms. The molecule has 0 bridgehead atoms. The number of phenolic OH excluding ortho intramolecular Hbond substituents is 1. The molecule has 0 aliphatic carbocycles. The van der Waals surface area contributed by atoms with Gasteiger partial charge in [-0.15, -0.1) is 20.4 Å². The normalized spacial score (nSPS) is 11.0. The Hall–Kier alpha value is -3.91. The topological polar surface area (TPSA) is 89.9 Å². The molecule has 0 aliphatic rings. The van der Waals surface area contributed by atoms with Crippen LogP contribution >= 0.6 is 11.8 Å². The lowest BCUT2D eigenvalue weighted by atomic mass is 10.1. The van der Waals surface area contributed by atoms with E-state index in [1.54, 1.807) is 12.1 Å². The number of hydrogen-bond donors (Lipinski definition) is 1. The van der Waals surface area contributed by atoms with E-state index >= 15 is 0 Å². The molecule has 0 amide bonds. The summed E-state index contributed by atoms with van der Waals surface area (Å²) >= 11 is 1.44. The van der Waals surface area contributed by atoms with Crippen molar-refractivity contribution < 1.29 is 9.52 Å². The predicted molar refractivity (Wildman–Crippen MR) is 122 cm³/mol. The third-order valence-corrected chi connectivity index (χ3v) is 5.80. The van der Waals surface area contributed by atoms with Crippen LogP contribution in [0.15, 0.2) is 88.4 Å². The highest BCUT2D eigenvalue weighted by Gasteiger charge is 2.19. The maximum Gasteiger partial charge on any atom is 0.247 e. The molecule has 158 valence electrons. The minimum atomic E-state index is 0.147. The third kappa shape index (κ3) is 4.00. The Morgan fingerprint density at radius 2 is 1.59 bits per heavy atom. The van der Waals surface area contributed by atoms with E-state index in [0.717, 1.165) is 16.8 Å². The van der Waals surface area contributed by atoms with E-state index in [9.17, 15) is 5.11 Å². The molecule has 2 heterocycles. The Morgan fingerprint density at radius 3 is 2.38 bits per heavy atom. The van der Waals surface area contributed by atoms with Gasteiger partial charge < -0.3 is 9.52 Å². The van der Waals surface area contributed by atoms with E-state index in [1.165, 1.54) is 11.8 Å². The van der Waals surface area contributed by atoms with Crippen LogP contribution in [0.3, 0.4) is 0 Å². The SMILES string of the molecule is Cc1ccc(-n2c(SCc3nnc(-c4ccccc4)o3)nnc2-c2ccccc2O)cc1. The van der Waals surface area contributed by atoms with Crippen molar-refractivity contribution in [2.24, 2.45) is 0 Å². The molecule has 7 nitrogen and oxygen atoms in total. The van der Waals surface area contributed by atoms with Gasteiger partial charge in [-0.1, -0.05) is 59.8 Å². The first-order valence-corrected chi connectivity index (χ1v) is 11.0. The maximum atomic E-state index is 10.4. The van der Waals surface area contributed by atoms with E-state index in [4.69, 9.17) is 4.42 Å². The lowest BCUT2D eigenvalue weighted by Crippen LogP contribution is -2.00. The van der Waals surface area contributed by atoms with Crippen LogP contribution in [-0.4, -0.2) is 30.1 Å². The summed E-state index contributed by atoms with van der Waals surface area (Å²) in [4.78, 5) is 0. The van der Waals surface area contributed by atoms with Gasteiger partial charge in [0.15, 0.2) is 11.0 Å². The van der Waals surface area contributed by atoms with Crippen LogP contribution in [0.5, 0.6) is 5.75 Å². The summed E-state index contributed by atoms with van der Waals surface area (Å²) in [5.41, 5.74) is 3.54. The van der Waals surface area contributed by atoms with Gasteiger partial charge in [0.1, 0.15) is 5.75 Å². The van der Waals surface area contributed by atoms with Crippen molar-refractivity contribution in [2.45, 2.75) is 17.8 Å². The van der Waals surface area contributed by atoms with Crippen molar-refractivity contribution in [3.63, 3.8) is 0 Å². The molecule has 2 aromatic heterocycles. The lowest BCUT2D eigenvalue weighted by Gasteiger charge is -2.11. The fraction of sp³-hybridized carbons (Fsp3) is 0.0833. The standard InChI is InChI=1S/C24H19N5O2S/c1-16-11-13-18(14-12-16)29-22(19-9-5-6-10-20(19)30)26-28-24(29)32-15-21-25-27-23(31-21)17-7-3-2-4-8-17/h2-14,30H,15H2,1H3. The number of aromatic nitrogens is 5. The molecular weight excluding hydrogens is 422 g/mol. The smallest absolute Gasteiger partial charge is 0.247 e. The van der Waals surface area contributed by atoms with Gasteiger partial charge in [-0.25, -0.2) is 0 Å². The number of aromatic hydroxyl groups is 1. The molecule has 0 radical (unpaired) electrons. The zero-order valence-corrected chi connectivity index (χ0v) is 18.0. The van der Waals surface area contributed by atoms with Crippen molar-refractivity contribution in [2.75, 3.05) is 0 Å². The fourth-order valence-electron chi connectivity index (χ4n) is 3.26. The van der Waals surface area contributed by atoms with Gasteiger partial charge in [-0.3, -0.25) is 4.57 Å². The van der Waals surface area contributed by atoms with Crippen LogP contribution in [0.2, 0.25) is 0 Å². The van der Waals surface area contributed by atoms with Crippen LogP contribution < -0.4 is 0 Å². The van der Waals surface area contributed by atoms with Gasteiger partial charge in [0, 0.05) is 11.3 Å². The molecule has 5 aromatic rings. The van der Waals surface area contributed by atoms with Gasteiger partial charge >= 0.3 is 0 Å². The summed E-state index contributed by atoms with van der Waals surface area (Å²) in [5, 5.41) is 28.1. The minimum Gasteiger partial charge on any atom is -0.507 e. The Morgan fingerprint density at radius 1 is 0.844 bits per heavy atom. The van der Waals surface area contributed by atoms with Crippen molar-refractivity contribution in [3.8, 4) is 34.3 Å². The maximum absolute atomic E-state index is 10.4. The quantitative estimate of drug-likeness (QED) is 0.358. The number of aryl methyl sites for hydroxylation is 1. The number of hydrogen-bond acceptors (Lipinski definition) is 7. The number of para-hydroxylation sites is 1. The van der Waals surface area contributed by atoms with E-state index in [0.29, 0.717) is 34.1 Å². The second-order valence-electron chi connectivity index (χ2n) is 7.15. The van der Waals surface area contributed by atoms with E-state index in [-0.39, 0.29) is 5.75 Å². The van der Waals surface area contributed by atoms with Crippen LogP contribution in [-0.2, 0) is 5.75 Å². The minimum absolute atomic E-state index is 0.147. The highest BCUT2D eigenvalue weighted by molar-refractivity contribution is 7.98. The highest BCUT2D eigenvalue weighted by Crippen LogP contribution is 2.33. The summed E-state index contributed by atoms with van der Waals surface area (Å²) in [6, 6.07) is 24.8. The Kier molecular flexibility index (Phi) is 5.43. The number of rotatable bonds is 6. The third-order valence-electron chi connectivity index (χ3n) is 4.88. The molecule has 3 aromatic carbocycles. The van der Waals surface area contributed by atoms with Gasteiger partial charge in [0.25, 0.3) is 0 Å². The lowest BCUT2D eigenvalue weighted by molar-refractivity contribution is 0.476. The molecular formula is C24H19N5O2S. The summed E-state index contributed by atoms with van der Waals surface area (Å²) in [6.07, 6.45) is 0.